The summed E-state index contributed by atoms with van der Waals surface area (Å²) in [5.74, 6) is 0.135. The lowest BCUT2D eigenvalue weighted by Crippen LogP contribution is -2.36. The molecule has 9 heteroatoms. The number of H-pyrrole nitrogens is 1. The van der Waals surface area contributed by atoms with Gasteiger partial charge in [-0.1, -0.05) is 6.07 Å². The highest BCUT2D eigenvalue weighted by Crippen LogP contribution is 2.28. The maximum Gasteiger partial charge on any atom is 0.335 e. The fourth-order valence-electron chi connectivity index (χ4n) is 3.82. The van der Waals surface area contributed by atoms with Crippen molar-refractivity contribution >= 4 is 34.2 Å². The van der Waals surface area contributed by atoms with E-state index in [9.17, 15) is 9.90 Å². The maximum absolute atomic E-state index is 11.3. The Morgan fingerprint density at radius 3 is 2.62 bits per heavy atom. The molecule has 0 bridgehead atoms. The molecule has 2 aromatic carbocycles. The molecule has 4 aromatic rings. The minimum atomic E-state index is -0.955. The first kappa shape index (κ1) is 20.0. The number of benzene rings is 2. The number of morpholine rings is 1. The van der Waals surface area contributed by atoms with Gasteiger partial charge in [0.05, 0.1) is 25.0 Å². The van der Waals surface area contributed by atoms with Crippen molar-refractivity contribution in [3.05, 3.63) is 59.8 Å². The van der Waals surface area contributed by atoms with E-state index in [-0.39, 0.29) is 5.56 Å². The Bertz CT molecular complexity index is 1280. The number of fused-ring (bicyclic) bond motifs is 1. The maximum atomic E-state index is 11.3. The van der Waals surface area contributed by atoms with Crippen molar-refractivity contribution < 1.29 is 14.6 Å². The lowest BCUT2D eigenvalue weighted by atomic mass is 10.0. The van der Waals surface area contributed by atoms with Gasteiger partial charge in [0.2, 0.25) is 0 Å². The monoisotopic (exact) mass is 430 g/mol. The van der Waals surface area contributed by atoms with Gasteiger partial charge in [0, 0.05) is 30.0 Å². The quantitative estimate of drug-likeness (QED) is 0.440. The molecule has 0 amide bonds. The number of nitrogens with zero attached hydrogens (tertiary/aromatic N) is 4. The summed E-state index contributed by atoms with van der Waals surface area (Å²) in [6.07, 6.45) is 1.64. The Kier molecular flexibility index (Phi) is 5.16. The molecule has 1 aliphatic heterocycles. The van der Waals surface area contributed by atoms with Crippen molar-refractivity contribution in [2.45, 2.75) is 6.92 Å². The van der Waals surface area contributed by atoms with Gasteiger partial charge in [-0.2, -0.15) is 5.10 Å². The number of hydrogen-bond donors (Lipinski definition) is 3. The zero-order chi connectivity index (χ0) is 22.1. The van der Waals surface area contributed by atoms with Gasteiger partial charge in [0.15, 0.2) is 11.6 Å². The van der Waals surface area contributed by atoms with E-state index in [2.05, 4.69) is 37.5 Å². The molecule has 0 atom stereocenters. The first-order valence-corrected chi connectivity index (χ1v) is 10.3. The second kappa shape index (κ2) is 8.27. The third-order valence-electron chi connectivity index (χ3n) is 5.52. The number of carbonyl (C=O) groups is 1. The van der Waals surface area contributed by atoms with Crippen LogP contribution in [-0.2, 0) is 4.74 Å². The van der Waals surface area contributed by atoms with E-state index in [0.717, 1.165) is 43.2 Å². The molecule has 3 heterocycles. The van der Waals surface area contributed by atoms with Crippen molar-refractivity contribution in [2.75, 3.05) is 36.5 Å². The standard InChI is InChI=1S/C23H22N6O3/c1-14-12-15(2-7-18(14)23(30)31)21-26-19-13-24-28-20(19)22(27-21)25-16-3-5-17(6-4-16)29-8-10-32-11-9-29/h2-7,12-13H,8-11H2,1H3,(H,24,28)(H,30,31)(H,25,26,27). The minimum Gasteiger partial charge on any atom is -0.478 e. The van der Waals surface area contributed by atoms with Crippen LogP contribution in [0.15, 0.2) is 48.7 Å². The molecular formula is C23H22N6O3. The summed E-state index contributed by atoms with van der Waals surface area (Å²) in [6.45, 7) is 5.02. The second-order valence-electron chi connectivity index (χ2n) is 7.63. The predicted molar refractivity (Wildman–Crippen MR) is 122 cm³/mol. The second-order valence-corrected chi connectivity index (χ2v) is 7.63. The Balaban J connectivity index is 1.46. The van der Waals surface area contributed by atoms with Crippen LogP contribution >= 0.6 is 0 Å². The van der Waals surface area contributed by atoms with Gasteiger partial charge < -0.3 is 20.1 Å². The van der Waals surface area contributed by atoms with Crippen molar-refractivity contribution in [3.8, 4) is 11.4 Å². The molecule has 0 spiro atoms. The van der Waals surface area contributed by atoms with Crippen molar-refractivity contribution in [2.24, 2.45) is 0 Å². The van der Waals surface area contributed by atoms with E-state index < -0.39 is 5.97 Å². The van der Waals surface area contributed by atoms with Crippen LogP contribution in [0.2, 0.25) is 0 Å². The van der Waals surface area contributed by atoms with Gasteiger partial charge in [0.25, 0.3) is 0 Å². The number of nitrogens with one attached hydrogen (secondary N) is 2. The summed E-state index contributed by atoms with van der Waals surface area (Å²) in [6, 6.07) is 13.3. The number of rotatable bonds is 5. The third-order valence-corrected chi connectivity index (χ3v) is 5.52. The molecule has 0 aliphatic carbocycles. The van der Waals surface area contributed by atoms with Crippen molar-refractivity contribution in [1.29, 1.82) is 0 Å². The molecule has 0 saturated carbocycles. The molecule has 1 saturated heterocycles. The summed E-state index contributed by atoms with van der Waals surface area (Å²) < 4.78 is 5.42. The molecule has 1 fully saturated rings. The number of aryl methyl sites for hydroxylation is 1. The van der Waals surface area contributed by atoms with Gasteiger partial charge in [-0.15, -0.1) is 0 Å². The predicted octanol–water partition coefficient (Wildman–Crippen LogP) is 3.61. The molecule has 2 aromatic heterocycles. The van der Waals surface area contributed by atoms with Crippen molar-refractivity contribution in [1.82, 2.24) is 20.2 Å². The van der Waals surface area contributed by atoms with Gasteiger partial charge in [-0.3, -0.25) is 5.10 Å². The van der Waals surface area contributed by atoms with Crippen LogP contribution < -0.4 is 10.2 Å². The van der Waals surface area contributed by atoms with Crippen LogP contribution in [0, 0.1) is 6.92 Å². The number of ether oxygens (including phenoxy) is 1. The van der Waals surface area contributed by atoms with E-state index in [1.54, 1.807) is 31.3 Å². The SMILES string of the molecule is Cc1cc(-c2nc(Nc3ccc(N4CCOCC4)cc3)c3[nH]ncc3n2)ccc1C(=O)O. The zero-order valence-electron chi connectivity index (χ0n) is 17.5. The zero-order valence-corrected chi connectivity index (χ0v) is 17.5. The molecule has 0 radical (unpaired) electrons. The normalized spacial score (nSPS) is 14.0. The minimum absolute atomic E-state index is 0.261. The highest BCUT2D eigenvalue weighted by molar-refractivity contribution is 5.91. The average Bonchev–Trinajstić information content (AvgIpc) is 3.29. The number of carboxylic acids is 1. The van der Waals surface area contributed by atoms with Crippen molar-refractivity contribution in [3.63, 3.8) is 0 Å². The Morgan fingerprint density at radius 2 is 1.91 bits per heavy atom. The van der Waals surface area contributed by atoms with Gasteiger partial charge in [-0.25, -0.2) is 14.8 Å². The molecule has 0 unspecified atom stereocenters. The fourth-order valence-corrected chi connectivity index (χ4v) is 3.82. The lowest BCUT2D eigenvalue weighted by molar-refractivity contribution is 0.0696. The molecule has 9 nitrogen and oxygen atoms in total. The van der Waals surface area contributed by atoms with Crippen LogP contribution in [0.5, 0.6) is 0 Å². The molecule has 32 heavy (non-hydrogen) atoms. The summed E-state index contributed by atoms with van der Waals surface area (Å²) in [5.41, 5.74) is 5.06. The van der Waals surface area contributed by atoms with Crippen LogP contribution in [0.3, 0.4) is 0 Å². The number of aromatic amines is 1. The number of aromatic nitrogens is 4. The Hall–Kier alpha value is -3.98. The molecule has 5 rings (SSSR count). The number of aromatic carboxylic acids is 1. The van der Waals surface area contributed by atoms with E-state index in [4.69, 9.17) is 9.72 Å². The first-order valence-electron chi connectivity index (χ1n) is 10.3. The van der Waals surface area contributed by atoms with Crippen LogP contribution in [0.1, 0.15) is 15.9 Å². The van der Waals surface area contributed by atoms with E-state index >= 15 is 0 Å². The molecule has 162 valence electrons. The van der Waals surface area contributed by atoms with Crippen LogP contribution in [0.4, 0.5) is 17.2 Å². The van der Waals surface area contributed by atoms with E-state index in [0.29, 0.717) is 28.2 Å². The molecule has 3 N–H and O–H groups in total. The Morgan fingerprint density at radius 1 is 1.12 bits per heavy atom. The van der Waals surface area contributed by atoms with E-state index in [1.165, 1.54) is 0 Å². The Labute approximate surface area is 184 Å². The van der Waals surface area contributed by atoms with Crippen LogP contribution in [-0.4, -0.2) is 57.5 Å². The lowest BCUT2D eigenvalue weighted by Gasteiger charge is -2.28. The van der Waals surface area contributed by atoms with Gasteiger partial charge >= 0.3 is 5.97 Å². The largest absolute Gasteiger partial charge is 0.478 e. The summed E-state index contributed by atoms with van der Waals surface area (Å²) in [5, 5.41) is 19.7. The highest BCUT2D eigenvalue weighted by Gasteiger charge is 2.15. The average molecular weight is 430 g/mol. The molecule has 1 aliphatic rings. The summed E-state index contributed by atoms with van der Waals surface area (Å²) >= 11 is 0. The van der Waals surface area contributed by atoms with Gasteiger partial charge in [0.1, 0.15) is 11.0 Å². The fraction of sp³-hybridized carbons (Fsp3) is 0.217. The smallest absolute Gasteiger partial charge is 0.335 e. The number of carboxylic acid groups (broad SMARTS) is 1. The summed E-state index contributed by atoms with van der Waals surface area (Å²) in [4.78, 5) is 22.9. The number of hydrogen-bond acceptors (Lipinski definition) is 7. The van der Waals surface area contributed by atoms with Crippen LogP contribution in [0.25, 0.3) is 22.4 Å². The molecular weight excluding hydrogens is 408 g/mol. The third kappa shape index (κ3) is 3.85. The topological polar surface area (TPSA) is 116 Å². The number of anilines is 3. The first-order chi connectivity index (χ1) is 15.6. The summed E-state index contributed by atoms with van der Waals surface area (Å²) in [7, 11) is 0. The van der Waals surface area contributed by atoms with Gasteiger partial charge in [-0.05, 0) is 48.9 Å². The highest BCUT2D eigenvalue weighted by atomic mass is 16.5. The van der Waals surface area contributed by atoms with E-state index in [1.807, 2.05) is 12.1 Å².